The minimum atomic E-state index is -0.788. The first kappa shape index (κ1) is 14.2. The molecule has 1 saturated heterocycles. The number of aromatic nitrogens is 2. The molecule has 0 aromatic carbocycles. The minimum absolute atomic E-state index is 0.140. The Balaban J connectivity index is 2.00. The molecule has 2 heterocycles. The van der Waals surface area contributed by atoms with E-state index in [-0.39, 0.29) is 12.3 Å². The number of ether oxygens (including phenoxy) is 1. The Bertz CT molecular complexity index is 526. The zero-order valence-electron chi connectivity index (χ0n) is 11.5. The van der Waals surface area contributed by atoms with Gasteiger partial charge < -0.3 is 14.7 Å². The lowest BCUT2D eigenvalue weighted by Gasteiger charge is -2.38. The molecule has 1 N–H and O–H groups in total. The second-order valence-electron chi connectivity index (χ2n) is 4.76. The van der Waals surface area contributed by atoms with Crippen molar-refractivity contribution in [3.05, 3.63) is 17.5 Å². The second-order valence-corrected chi connectivity index (χ2v) is 4.76. The molecule has 1 aromatic rings. The van der Waals surface area contributed by atoms with Crippen molar-refractivity contribution in [1.29, 1.82) is 0 Å². The maximum absolute atomic E-state index is 11.6. The average molecular weight is 279 g/mol. The summed E-state index contributed by atoms with van der Waals surface area (Å²) in [5, 5.41) is 8.70. The number of nitrogens with zero attached hydrogens (tertiary/aromatic N) is 3. The number of esters is 1. The van der Waals surface area contributed by atoms with Gasteiger partial charge >= 0.3 is 11.9 Å². The molecule has 1 aliphatic heterocycles. The third-order valence-corrected chi connectivity index (χ3v) is 3.17. The smallest absolute Gasteiger partial charge is 0.341 e. The van der Waals surface area contributed by atoms with E-state index >= 15 is 0 Å². The molecule has 0 radical (unpaired) electrons. The maximum atomic E-state index is 11.6. The van der Waals surface area contributed by atoms with Crippen LogP contribution in [0.25, 0.3) is 0 Å². The van der Waals surface area contributed by atoms with Gasteiger partial charge in [-0.15, -0.1) is 0 Å². The zero-order valence-corrected chi connectivity index (χ0v) is 11.5. The van der Waals surface area contributed by atoms with Crippen molar-refractivity contribution in [2.75, 3.05) is 24.6 Å². The number of aliphatic carboxylic acids is 1. The average Bonchev–Trinajstić information content (AvgIpc) is 2.33. The fourth-order valence-corrected chi connectivity index (χ4v) is 2.13. The van der Waals surface area contributed by atoms with Crippen LogP contribution in [0, 0.1) is 12.8 Å². The second kappa shape index (κ2) is 5.85. The zero-order chi connectivity index (χ0) is 14.7. The van der Waals surface area contributed by atoms with Gasteiger partial charge in [0.15, 0.2) is 0 Å². The van der Waals surface area contributed by atoms with Crippen molar-refractivity contribution >= 4 is 17.9 Å². The standard InChI is InChI=1S/C13H17N3O4/c1-3-20-12(19)10-5-14-13(15-8(10)2)16-6-9(7-16)4-11(17)18/h5,9H,3-4,6-7H2,1-2H3,(H,17,18). The van der Waals surface area contributed by atoms with E-state index in [4.69, 9.17) is 9.84 Å². The van der Waals surface area contributed by atoms with Crippen molar-refractivity contribution in [3.63, 3.8) is 0 Å². The van der Waals surface area contributed by atoms with E-state index in [0.29, 0.717) is 36.9 Å². The SMILES string of the molecule is CCOC(=O)c1cnc(N2CC(CC(=O)O)C2)nc1C. The van der Waals surface area contributed by atoms with Crippen molar-refractivity contribution in [2.45, 2.75) is 20.3 Å². The molecular formula is C13H17N3O4. The van der Waals surface area contributed by atoms with Gasteiger partial charge in [0.25, 0.3) is 0 Å². The number of carbonyl (C=O) groups is 2. The summed E-state index contributed by atoms with van der Waals surface area (Å²) in [6.45, 7) is 5.04. The summed E-state index contributed by atoms with van der Waals surface area (Å²) in [5.41, 5.74) is 0.924. The van der Waals surface area contributed by atoms with Gasteiger partial charge in [0.1, 0.15) is 0 Å². The van der Waals surface area contributed by atoms with E-state index in [2.05, 4.69) is 9.97 Å². The molecule has 1 aliphatic rings. The molecule has 20 heavy (non-hydrogen) atoms. The van der Waals surface area contributed by atoms with Gasteiger partial charge in [0.05, 0.1) is 24.3 Å². The summed E-state index contributed by atoms with van der Waals surface area (Å²) in [6.07, 6.45) is 1.62. The molecule has 0 aliphatic carbocycles. The highest BCUT2D eigenvalue weighted by Crippen LogP contribution is 2.24. The van der Waals surface area contributed by atoms with E-state index in [1.807, 2.05) is 4.90 Å². The van der Waals surface area contributed by atoms with Gasteiger partial charge in [-0.3, -0.25) is 4.79 Å². The van der Waals surface area contributed by atoms with Crippen LogP contribution in [-0.4, -0.2) is 46.7 Å². The largest absolute Gasteiger partial charge is 0.481 e. The van der Waals surface area contributed by atoms with Crippen LogP contribution in [0.2, 0.25) is 0 Å². The molecular weight excluding hydrogens is 262 g/mol. The number of hydrogen-bond donors (Lipinski definition) is 1. The summed E-state index contributed by atoms with van der Waals surface area (Å²) in [6, 6.07) is 0. The summed E-state index contributed by atoms with van der Waals surface area (Å²) < 4.78 is 4.91. The Morgan fingerprint density at radius 1 is 1.50 bits per heavy atom. The monoisotopic (exact) mass is 279 g/mol. The number of anilines is 1. The molecule has 0 saturated carbocycles. The Hall–Kier alpha value is -2.18. The topological polar surface area (TPSA) is 92.6 Å². The van der Waals surface area contributed by atoms with Gasteiger partial charge in [0, 0.05) is 25.2 Å². The van der Waals surface area contributed by atoms with Gasteiger partial charge in [-0.25, -0.2) is 14.8 Å². The van der Waals surface area contributed by atoms with Crippen LogP contribution >= 0.6 is 0 Å². The number of rotatable bonds is 5. The molecule has 0 amide bonds. The number of carboxylic acid groups (broad SMARTS) is 1. The van der Waals surface area contributed by atoms with Gasteiger partial charge in [-0.05, 0) is 13.8 Å². The third-order valence-electron chi connectivity index (χ3n) is 3.17. The molecule has 0 spiro atoms. The number of hydrogen-bond acceptors (Lipinski definition) is 6. The quantitative estimate of drug-likeness (QED) is 0.799. The van der Waals surface area contributed by atoms with Crippen LogP contribution in [0.15, 0.2) is 6.20 Å². The lowest BCUT2D eigenvalue weighted by Crippen LogP contribution is -2.48. The van der Waals surface area contributed by atoms with Crippen LogP contribution < -0.4 is 4.90 Å². The summed E-state index contributed by atoms with van der Waals surface area (Å²) >= 11 is 0. The van der Waals surface area contributed by atoms with Crippen molar-refractivity contribution < 1.29 is 19.4 Å². The Kier molecular flexibility index (Phi) is 4.16. The normalized spacial score (nSPS) is 14.8. The van der Waals surface area contributed by atoms with Crippen LogP contribution in [0.4, 0.5) is 5.95 Å². The fraction of sp³-hybridized carbons (Fsp3) is 0.538. The maximum Gasteiger partial charge on any atom is 0.341 e. The van der Waals surface area contributed by atoms with E-state index in [9.17, 15) is 9.59 Å². The summed E-state index contributed by atoms with van der Waals surface area (Å²) in [4.78, 5) is 32.5. The van der Waals surface area contributed by atoms with Gasteiger partial charge in [-0.2, -0.15) is 0 Å². The van der Waals surface area contributed by atoms with Crippen LogP contribution in [0.3, 0.4) is 0 Å². The predicted octanol–water partition coefficient (Wildman–Crippen LogP) is 0.873. The Morgan fingerprint density at radius 3 is 2.75 bits per heavy atom. The number of aryl methyl sites for hydroxylation is 1. The summed E-state index contributed by atoms with van der Waals surface area (Å²) in [5.74, 6) is -0.549. The van der Waals surface area contributed by atoms with E-state index in [0.717, 1.165) is 0 Å². The molecule has 2 rings (SSSR count). The molecule has 1 aromatic heterocycles. The number of carbonyl (C=O) groups excluding carboxylic acids is 1. The molecule has 108 valence electrons. The highest BCUT2D eigenvalue weighted by atomic mass is 16.5. The van der Waals surface area contributed by atoms with Crippen LogP contribution in [0.1, 0.15) is 29.4 Å². The fourth-order valence-electron chi connectivity index (χ4n) is 2.13. The van der Waals surface area contributed by atoms with Gasteiger partial charge in [-0.1, -0.05) is 0 Å². The first-order chi connectivity index (χ1) is 9.51. The van der Waals surface area contributed by atoms with Crippen molar-refractivity contribution in [2.24, 2.45) is 5.92 Å². The van der Waals surface area contributed by atoms with E-state index < -0.39 is 11.9 Å². The van der Waals surface area contributed by atoms with E-state index in [1.165, 1.54) is 6.20 Å². The lowest BCUT2D eigenvalue weighted by molar-refractivity contribution is -0.138. The summed E-state index contributed by atoms with van der Waals surface area (Å²) in [7, 11) is 0. The highest BCUT2D eigenvalue weighted by molar-refractivity contribution is 5.90. The Morgan fingerprint density at radius 2 is 2.20 bits per heavy atom. The first-order valence-electron chi connectivity index (χ1n) is 6.48. The molecule has 0 unspecified atom stereocenters. The third kappa shape index (κ3) is 3.04. The number of carboxylic acids is 1. The minimum Gasteiger partial charge on any atom is -0.481 e. The molecule has 7 nitrogen and oxygen atoms in total. The highest BCUT2D eigenvalue weighted by Gasteiger charge is 2.30. The van der Waals surface area contributed by atoms with Crippen molar-refractivity contribution in [3.8, 4) is 0 Å². The Labute approximate surface area is 116 Å². The lowest BCUT2D eigenvalue weighted by atomic mass is 9.97. The molecule has 1 fully saturated rings. The van der Waals surface area contributed by atoms with Gasteiger partial charge in [0.2, 0.25) is 5.95 Å². The van der Waals surface area contributed by atoms with Crippen LogP contribution in [0.5, 0.6) is 0 Å². The molecule has 7 heteroatoms. The van der Waals surface area contributed by atoms with E-state index in [1.54, 1.807) is 13.8 Å². The van der Waals surface area contributed by atoms with Crippen LogP contribution in [-0.2, 0) is 9.53 Å². The van der Waals surface area contributed by atoms with Crippen molar-refractivity contribution in [1.82, 2.24) is 9.97 Å². The predicted molar refractivity (Wildman–Crippen MR) is 70.7 cm³/mol. The molecule has 0 atom stereocenters. The molecule has 0 bridgehead atoms. The first-order valence-corrected chi connectivity index (χ1v) is 6.48.